The van der Waals surface area contributed by atoms with Gasteiger partial charge in [0, 0.05) is 30.4 Å². The van der Waals surface area contributed by atoms with Crippen molar-refractivity contribution in [3.05, 3.63) is 29.8 Å². The summed E-state index contributed by atoms with van der Waals surface area (Å²) in [5.41, 5.74) is 12.7. The van der Waals surface area contributed by atoms with Gasteiger partial charge in [-0.25, -0.2) is 0 Å². The van der Waals surface area contributed by atoms with Crippen molar-refractivity contribution in [3.8, 4) is 0 Å². The minimum Gasteiger partial charge on any atom is -0.399 e. The summed E-state index contributed by atoms with van der Waals surface area (Å²) in [7, 11) is 0. The van der Waals surface area contributed by atoms with Gasteiger partial charge in [0.1, 0.15) is 0 Å². The first-order valence-electron chi connectivity index (χ1n) is 6.09. The highest BCUT2D eigenvalue weighted by atomic mass is 16.2. The molecule has 0 spiro atoms. The van der Waals surface area contributed by atoms with E-state index < -0.39 is 0 Å². The summed E-state index contributed by atoms with van der Waals surface area (Å²) in [5, 5.41) is 0. The number of carbonyl (C=O) groups excluding carboxylic acids is 1. The number of nitrogen functional groups attached to an aromatic ring is 1. The van der Waals surface area contributed by atoms with Crippen LogP contribution in [0.1, 0.15) is 29.6 Å². The number of nitrogens with two attached hydrogens (primary N) is 2. The van der Waals surface area contributed by atoms with Crippen molar-refractivity contribution in [2.24, 2.45) is 5.73 Å². The Balaban J connectivity index is 2.15. The van der Waals surface area contributed by atoms with E-state index in [0.29, 0.717) is 17.8 Å². The minimum absolute atomic E-state index is 0.0696. The second kappa shape index (κ2) is 5.19. The highest BCUT2D eigenvalue weighted by Gasteiger charge is 2.26. The van der Waals surface area contributed by atoms with E-state index in [1.165, 1.54) is 0 Å². The van der Waals surface area contributed by atoms with Crippen LogP contribution < -0.4 is 11.5 Å². The van der Waals surface area contributed by atoms with Crippen LogP contribution in [0.4, 0.5) is 5.69 Å². The standard InChI is InChI=1S/C13H19N3O/c14-9-12-3-1-2-8-16(12)13(17)10-4-6-11(15)7-5-10/h4-7,12H,1-3,8-9,14-15H2. The van der Waals surface area contributed by atoms with Crippen molar-refractivity contribution in [3.63, 3.8) is 0 Å². The zero-order chi connectivity index (χ0) is 12.3. The summed E-state index contributed by atoms with van der Waals surface area (Å²) in [5.74, 6) is 0.0696. The fourth-order valence-corrected chi connectivity index (χ4v) is 2.30. The van der Waals surface area contributed by atoms with Crippen LogP contribution in [-0.2, 0) is 0 Å². The molecule has 1 unspecified atom stereocenters. The monoisotopic (exact) mass is 233 g/mol. The van der Waals surface area contributed by atoms with Gasteiger partial charge >= 0.3 is 0 Å². The van der Waals surface area contributed by atoms with E-state index in [1.54, 1.807) is 24.3 Å². The molecule has 1 amide bonds. The summed E-state index contributed by atoms with van der Waals surface area (Å²) in [6, 6.07) is 7.26. The van der Waals surface area contributed by atoms with Gasteiger partial charge in [-0.2, -0.15) is 0 Å². The number of anilines is 1. The summed E-state index contributed by atoms with van der Waals surface area (Å²) >= 11 is 0. The van der Waals surface area contributed by atoms with E-state index >= 15 is 0 Å². The lowest BCUT2D eigenvalue weighted by Gasteiger charge is -2.35. The first kappa shape index (κ1) is 11.9. The number of benzene rings is 1. The topological polar surface area (TPSA) is 72.3 Å². The number of amides is 1. The maximum Gasteiger partial charge on any atom is 0.254 e. The Morgan fingerprint density at radius 1 is 1.29 bits per heavy atom. The average molecular weight is 233 g/mol. The SMILES string of the molecule is NCC1CCCCN1C(=O)c1ccc(N)cc1. The molecule has 1 saturated heterocycles. The summed E-state index contributed by atoms with van der Waals surface area (Å²) in [4.78, 5) is 14.2. The fourth-order valence-electron chi connectivity index (χ4n) is 2.30. The fraction of sp³-hybridized carbons (Fsp3) is 0.462. The van der Waals surface area contributed by atoms with Crippen molar-refractivity contribution in [1.29, 1.82) is 0 Å². The number of hydrogen-bond donors (Lipinski definition) is 2. The van der Waals surface area contributed by atoms with Crippen molar-refractivity contribution < 1.29 is 4.79 Å². The Morgan fingerprint density at radius 3 is 2.65 bits per heavy atom. The van der Waals surface area contributed by atoms with Crippen molar-refractivity contribution >= 4 is 11.6 Å². The van der Waals surface area contributed by atoms with Crippen LogP contribution >= 0.6 is 0 Å². The third-order valence-corrected chi connectivity index (χ3v) is 3.32. The summed E-state index contributed by atoms with van der Waals surface area (Å²) in [6.07, 6.45) is 3.24. The van der Waals surface area contributed by atoms with Crippen LogP contribution in [0.5, 0.6) is 0 Å². The molecule has 0 radical (unpaired) electrons. The van der Waals surface area contributed by atoms with Gasteiger partial charge in [0.15, 0.2) is 0 Å². The molecule has 92 valence electrons. The predicted octanol–water partition coefficient (Wildman–Crippen LogP) is 1.22. The molecule has 4 N–H and O–H groups in total. The Kier molecular flexibility index (Phi) is 3.64. The number of rotatable bonds is 2. The van der Waals surface area contributed by atoms with Gasteiger partial charge in [0.25, 0.3) is 5.91 Å². The van der Waals surface area contributed by atoms with E-state index in [9.17, 15) is 4.79 Å². The van der Waals surface area contributed by atoms with Crippen LogP contribution in [0.15, 0.2) is 24.3 Å². The molecule has 0 saturated carbocycles. The molecular weight excluding hydrogens is 214 g/mol. The molecule has 0 aromatic heterocycles. The lowest BCUT2D eigenvalue weighted by atomic mass is 10.0. The second-order valence-corrected chi connectivity index (χ2v) is 4.51. The van der Waals surface area contributed by atoms with Crippen LogP contribution in [0.25, 0.3) is 0 Å². The second-order valence-electron chi connectivity index (χ2n) is 4.51. The number of piperidine rings is 1. The highest BCUT2D eigenvalue weighted by Crippen LogP contribution is 2.19. The largest absolute Gasteiger partial charge is 0.399 e. The normalized spacial score (nSPS) is 20.3. The molecule has 0 bridgehead atoms. The third-order valence-electron chi connectivity index (χ3n) is 3.32. The highest BCUT2D eigenvalue weighted by molar-refractivity contribution is 5.94. The molecule has 17 heavy (non-hydrogen) atoms. The van der Waals surface area contributed by atoms with Crippen LogP contribution in [0.2, 0.25) is 0 Å². The summed E-state index contributed by atoms with van der Waals surface area (Å²) < 4.78 is 0. The molecule has 1 aliphatic rings. The predicted molar refractivity (Wildman–Crippen MR) is 68.6 cm³/mol. The number of carbonyl (C=O) groups is 1. The van der Waals surface area contributed by atoms with Crippen LogP contribution in [-0.4, -0.2) is 29.9 Å². The molecule has 1 fully saturated rings. The Labute approximate surface area is 102 Å². The zero-order valence-corrected chi connectivity index (χ0v) is 9.93. The maximum atomic E-state index is 12.3. The van der Waals surface area contributed by atoms with E-state index in [2.05, 4.69) is 0 Å². The lowest BCUT2D eigenvalue weighted by molar-refractivity contribution is 0.0623. The Hall–Kier alpha value is -1.55. The molecule has 1 heterocycles. The van der Waals surface area contributed by atoms with Crippen molar-refractivity contribution in [1.82, 2.24) is 4.90 Å². The van der Waals surface area contributed by atoms with E-state index in [0.717, 1.165) is 25.8 Å². The number of hydrogen-bond acceptors (Lipinski definition) is 3. The number of nitrogens with zero attached hydrogens (tertiary/aromatic N) is 1. The van der Waals surface area contributed by atoms with Crippen LogP contribution in [0, 0.1) is 0 Å². The molecule has 4 nitrogen and oxygen atoms in total. The third kappa shape index (κ3) is 2.58. The van der Waals surface area contributed by atoms with Gasteiger partial charge in [-0.15, -0.1) is 0 Å². The van der Waals surface area contributed by atoms with Crippen molar-refractivity contribution in [2.75, 3.05) is 18.8 Å². The minimum atomic E-state index is 0.0696. The van der Waals surface area contributed by atoms with E-state index in [-0.39, 0.29) is 11.9 Å². The van der Waals surface area contributed by atoms with Gasteiger partial charge in [-0.05, 0) is 43.5 Å². The molecule has 4 heteroatoms. The molecule has 1 aliphatic heterocycles. The van der Waals surface area contributed by atoms with Gasteiger partial charge in [-0.3, -0.25) is 4.79 Å². The Morgan fingerprint density at radius 2 is 2.00 bits per heavy atom. The number of likely N-dealkylation sites (tertiary alicyclic amines) is 1. The smallest absolute Gasteiger partial charge is 0.254 e. The Bertz CT molecular complexity index is 388. The molecule has 2 rings (SSSR count). The molecule has 1 atom stereocenters. The molecular formula is C13H19N3O. The average Bonchev–Trinajstić information content (AvgIpc) is 2.39. The molecule has 1 aromatic carbocycles. The first-order valence-corrected chi connectivity index (χ1v) is 6.09. The maximum absolute atomic E-state index is 12.3. The first-order chi connectivity index (χ1) is 8.22. The quantitative estimate of drug-likeness (QED) is 0.754. The van der Waals surface area contributed by atoms with E-state index in [4.69, 9.17) is 11.5 Å². The van der Waals surface area contributed by atoms with E-state index in [1.807, 2.05) is 4.90 Å². The molecule has 0 aliphatic carbocycles. The van der Waals surface area contributed by atoms with Crippen molar-refractivity contribution in [2.45, 2.75) is 25.3 Å². The van der Waals surface area contributed by atoms with Gasteiger partial charge < -0.3 is 16.4 Å². The molecule has 1 aromatic rings. The van der Waals surface area contributed by atoms with Gasteiger partial charge in [0.2, 0.25) is 0 Å². The van der Waals surface area contributed by atoms with Gasteiger partial charge in [-0.1, -0.05) is 0 Å². The van der Waals surface area contributed by atoms with Crippen LogP contribution in [0.3, 0.4) is 0 Å². The summed E-state index contributed by atoms with van der Waals surface area (Å²) in [6.45, 7) is 1.35. The lowest BCUT2D eigenvalue weighted by Crippen LogP contribution is -2.47. The van der Waals surface area contributed by atoms with Gasteiger partial charge in [0.05, 0.1) is 0 Å². The zero-order valence-electron chi connectivity index (χ0n) is 9.93.